The van der Waals surface area contributed by atoms with Gasteiger partial charge in [0.25, 0.3) is 0 Å². The number of aromatic nitrogens is 3. The molecule has 18 heavy (non-hydrogen) atoms. The van der Waals surface area contributed by atoms with E-state index in [0.29, 0.717) is 12.4 Å². The van der Waals surface area contributed by atoms with Gasteiger partial charge in [-0.05, 0) is 24.6 Å². The number of fused-ring (bicyclic) bond motifs is 1. The molecule has 0 atom stereocenters. The fourth-order valence-electron chi connectivity index (χ4n) is 2.15. The third kappa shape index (κ3) is 1.38. The zero-order valence-corrected chi connectivity index (χ0v) is 10.1. The number of benzene rings is 1. The van der Waals surface area contributed by atoms with E-state index in [4.69, 9.17) is 0 Å². The summed E-state index contributed by atoms with van der Waals surface area (Å²) in [6.07, 6.45) is 0. The minimum Gasteiger partial charge on any atom is -0.285 e. The second-order valence-corrected chi connectivity index (χ2v) is 4.35. The van der Waals surface area contributed by atoms with Gasteiger partial charge in [0, 0.05) is 12.7 Å². The lowest BCUT2D eigenvalue weighted by atomic mass is 10.2. The van der Waals surface area contributed by atoms with Gasteiger partial charge in [0.15, 0.2) is 5.82 Å². The molecule has 0 bridgehead atoms. The van der Waals surface area contributed by atoms with Crippen molar-refractivity contribution in [3.8, 4) is 0 Å². The van der Waals surface area contributed by atoms with Crippen molar-refractivity contribution < 1.29 is 4.79 Å². The maximum Gasteiger partial charge on any atom is 0.364 e. The molecule has 0 saturated carbocycles. The number of carbonyl (C=O) groups is 1. The van der Waals surface area contributed by atoms with E-state index in [1.54, 1.807) is 4.90 Å². The van der Waals surface area contributed by atoms with Crippen LogP contribution in [-0.4, -0.2) is 20.4 Å². The largest absolute Gasteiger partial charge is 0.364 e. The smallest absolute Gasteiger partial charge is 0.285 e. The van der Waals surface area contributed by atoms with Crippen LogP contribution in [0.1, 0.15) is 11.4 Å². The van der Waals surface area contributed by atoms with E-state index in [-0.39, 0.29) is 6.03 Å². The average molecular weight is 244 g/mol. The first-order valence-electron chi connectivity index (χ1n) is 5.61. The summed E-state index contributed by atoms with van der Waals surface area (Å²) in [6.45, 7) is 2.30. The van der Waals surface area contributed by atoms with Gasteiger partial charge in [-0.25, -0.2) is 14.3 Å². The number of amides is 1. The lowest BCUT2D eigenvalue weighted by Crippen LogP contribution is -2.32. The third-order valence-electron chi connectivity index (χ3n) is 3.07. The molecule has 0 spiro atoms. The van der Waals surface area contributed by atoms with Crippen LogP contribution in [0.25, 0.3) is 0 Å². The Balaban J connectivity index is 2.05. The molecule has 1 amide bonds. The van der Waals surface area contributed by atoms with Gasteiger partial charge in [0.1, 0.15) is 0 Å². The Labute approximate surface area is 103 Å². The maximum atomic E-state index is 12.2. The van der Waals surface area contributed by atoms with Gasteiger partial charge in [-0.2, -0.15) is 9.67 Å². The first-order valence-corrected chi connectivity index (χ1v) is 5.61. The summed E-state index contributed by atoms with van der Waals surface area (Å²) >= 11 is 0. The first-order chi connectivity index (χ1) is 8.58. The number of aryl methyl sites for hydroxylation is 1. The lowest BCUT2D eigenvalue weighted by Gasteiger charge is -2.15. The van der Waals surface area contributed by atoms with Crippen LogP contribution >= 0.6 is 0 Å². The van der Waals surface area contributed by atoms with E-state index in [1.165, 1.54) is 16.4 Å². The van der Waals surface area contributed by atoms with E-state index in [0.717, 1.165) is 11.3 Å². The lowest BCUT2D eigenvalue weighted by molar-refractivity contribution is 0.245. The van der Waals surface area contributed by atoms with Crippen molar-refractivity contribution in [2.24, 2.45) is 7.05 Å². The predicted molar refractivity (Wildman–Crippen MR) is 65.6 cm³/mol. The summed E-state index contributed by atoms with van der Waals surface area (Å²) in [5, 5.41) is 0. The molecule has 6 nitrogen and oxygen atoms in total. The highest BCUT2D eigenvalue weighted by molar-refractivity contribution is 5.95. The van der Waals surface area contributed by atoms with Gasteiger partial charge < -0.3 is 0 Å². The SMILES string of the molecule is Cc1cccc(N2Cc3nc(=O)n(C)n3C2=O)c1. The minimum absolute atomic E-state index is 0.243. The predicted octanol–water partition coefficient (Wildman–Crippen LogP) is 0.879. The van der Waals surface area contributed by atoms with Gasteiger partial charge >= 0.3 is 11.7 Å². The van der Waals surface area contributed by atoms with E-state index in [1.807, 2.05) is 31.2 Å². The number of rotatable bonds is 1. The number of carbonyl (C=O) groups excluding carboxylic acids is 1. The average Bonchev–Trinajstić information content (AvgIpc) is 2.79. The van der Waals surface area contributed by atoms with Crippen LogP contribution in [0, 0.1) is 6.92 Å². The summed E-state index contributed by atoms with van der Waals surface area (Å²) < 4.78 is 2.54. The molecule has 1 aromatic heterocycles. The Hall–Kier alpha value is -2.37. The first kappa shape index (κ1) is 10.8. The number of nitrogens with zero attached hydrogens (tertiary/aromatic N) is 4. The van der Waals surface area contributed by atoms with Crippen LogP contribution in [0.4, 0.5) is 10.5 Å². The Morgan fingerprint density at radius 2 is 2.06 bits per heavy atom. The van der Waals surface area contributed by atoms with Crippen molar-refractivity contribution >= 4 is 11.7 Å². The zero-order valence-electron chi connectivity index (χ0n) is 10.1. The van der Waals surface area contributed by atoms with Crippen LogP contribution < -0.4 is 10.6 Å². The van der Waals surface area contributed by atoms with Crippen molar-refractivity contribution in [3.63, 3.8) is 0 Å². The molecule has 0 unspecified atom stereocenters. The van der Waals surface area contributed by atoms with Gasteiger partial charge in [-0.1, -0.05) is 12.1 Å². The van der Waals surface area contributed by atoms with Crippen LogP contribution in [0.15, 0.2) is 29.1 Å². The normalized spacial score (nSPS) is 14.1. The summed E-state index contributed by atoms with van der Waals surface area (Å²) in [7, 11) is 1.54. The number of hydrogen-bond acceptors (Lipinski definition) is 3. The molecule has 6 heteroatoms. The second kappa shape index (κ2) is 3.56. The van der Waals surface area contributed by atoms with Crippen LogP contribution in [0.3, 0.4) is 0 Å². The van der Waals surface area contributed by atoms with E-state index in [2.05, 4.69) is 4.98 Å². The Morgan fingerprint density at radius 1 is 1.28 bits per heavy atom. The van der Waals surface area contributed by atoms with Crippen LogP contribution in [-0.2, 0) is 13.6 Å². The fourth-order valence-corrected chi connectivity index (χ4v) is 2.15. The topological polar surface area (TPSA) is 60.1 Å². The molecule has 92 valence electrons. The van der Waals surface area contributed by atoms with Crippen molar-refractivity contribution in [2.75, 3.05) is 4.90 Å². The van der Waals surface area contributed by atoms with Crippen molar-refractivity contribution in [2.45, 2.75) is 13.5 Å². The van der Waals surface area contributed by atoms with Gasteiger partial charge in [0.05, 0.1) is 6.54 Å². The van der Waals surface area contributed by atoms with E-state index >= 15 is 0 Å². The minimum atomic E-state index is -0.401. The molecule has 0 aliphatic carbocycles. The highest BCUT2D eigenvalue weighted by Crippen LogP contribution is 2.23. The third-order valence-corrected chi connectivity index (χ3v) is 3.07. The number of hydrogen-bond donors (Lipinski definition) is 0. The van der Waals surface area contributed by atoms with Gasteiger partial charge in [-0.15, -0.1) is 0 Å². The molecular formula is C12H12N4O2. The monoisotopic (exact) mass is 244 g/mol. The Bertz CT molecular complexity index is 698. The van der Waals surface area contributed by atoms with Crippen molar-refractivity contribution in [3.05, 3.63) is 46.1 Å². The van der Waals surface area contributed by atoms with E-state index < -0.39 is 5.69 Å². The molecule has 1 aromatic carbocycles. The fraction of sp³-hybridized carbons (Fsp3) is 0.250. The standard InChI is InChI=1S/C12H12N4O2/c1-8-4-3-5-9(6-8)15-7-10-13-11(17)14(2)16(10)12(15)18/h3-6H,7H2,1-2H3. The number of anilines is 1. The highest BCUT2D eigenvalue weighted by Gasteiger charge is 2.32. The Morgan fingerprint density at radius 3 is 2.72 bits per heavy atom. The molecule has 1 aliphatic rings. The highest BCUT2D eigenvalue weighted by atomic mass is 16.2. The van der Waals surface area contributed by atoms with Crippen molar-refractivity contribution in [1.82, 2.24) is 14.3 Å². The van der Waals surface area contributed by atoms with Gasteiger partial charge in [0.2, 0.25) is 0 Å². The molecule has 2 heterocycles. The molecule has 0 N–H and O–H groups in total. The molecule has 2 aromatic rings. The molecule has 1 aliphatic heterocycles. The van der Waals surface area contributed by atoms with E-state index in [9.17, 15) is 9.59 Å². The maximum absolute atomic E-state index is 12.2. The zero-order chi connectivity index (χ0) is 12.9. The summed E-state index contributed by atoms with van der Waals surface area (Å²) in [5.41, 5.74) is 1.50. The van der Waals surface area contributed by atoms with Crippen LogP contribution in [0.2, 0.25) is 0 Å². The summed E-state index contributed by atoms with van der Waals surface area (Å²) in [4.78, 5) is 29.0. The van der Waals surface area contributed by atoms with Crippen LogP contribution in [0.5, 0.6) is 0 Å². The quantitative estimate of drug-likeness (QED) is 0.748. The van der Waals surface area contributed by atoms with Gasteiger partial charge in [-0.3, -0.25) is 4.90 Å². The molecule has 3 rings (SSSR count). The molecular weight excluding hydrogens is 232 g/mol. The summed E-state index contributed by atoms with van der Waals surface area (Å²) in [6, 6.07) is 7.43. The molecule has 0 saturated heterocycles. The molecule has 0 radical (unpaired) electrons. The summed E-state index contributed by atoms with van der Waals surface area (Å²) in [5.74, 6) is 0.481. The molecule has 0 fully saturated rings. The second-order valence-electron chi connectivity index (χ2n) is 4.35. The Kier molecular flexibility index (Phi) is 2.13. The van der Waals surface area contributed by atoms with Crippen molar-refractivity contribution in [1.29, 1.82) is 0 Å².